The van der Waals surface area contributed by atoms with E-state index in [1.807, 2.05) is 48.5 Å². The van der Waals surface area contributed by atoms with Crippen molar-refractivity contribution in [2.75, 3.05) is 33.2 Å². The molecule has 1 heterocycles. The first-order valence-electron chi connectivity index (χ1n) is 8.09. The molecule has 6 nitrogen and oxygen atoms in total. The number of fused-ring (bicyclic) bond motifs is 1. The van der Waals surface area contributed by atoms with Crippen molar-refractivity contribution in [2.24, 2.45) is 0 Å². The molecule has 0 radical (unpaired) electrons. The molecule has 134 valence electrons. The summed E-state index contributed by atoms with van der Waals surface area (Å²) < 4.78 is 15.5. The maximum Gasteiger partial charge on any atom is 0.325 e. The molecule has 0 saturated carbocycles. The van der Waals surface area contributed by atoms with Crippen LogP contribution in [0.4, 0.5) is 5.82 Å². The fourth-order valence-electron chi connectivity index (χ4n) is 2.70. The lowest BCUT2D eigenvalue weighted by Crippen LogP contribution is -2.16. The van der Waals surface area contributed by atoms with Crippen LogP contribution in [-0.2, 0) is 9.53 Å². The van der Waals surface area contributed by atoms with Crippen LogP contribution in [0.25, 0.3) is 22.0 Å². The topological polar surface area (TPSA) is 69.7 Å². The molecule has 0 bridgehead atoms. The number of nitrogens with one attached hydrogen (secondary N) is 1. The molecule has 3 aromatic rings. The molecule has 0 amide bonds. The molecule has 0 atom stereocenters. The first kappa shape index (κ1) is 17.5. The Morgan fingerprint density at radius 2 is 1.69 bits per heavy atom. The van der Waals surface area contributed by atoms with E-state index in [9.17, 15) is 4.79 Å². The van der Waals surface area contributed by atoms with Crippen LogP contribution in [0.3, 0.4) is 0 Å². The maximum atomic E-state index is 11.5. The summed E-state index contributed by atoms with van der Waals surface area (Å²) >= 11 is 0. The van der Waals surface area contributed by atoms with Gasteiger partial charge in [-0.2, -0.15) is 0 Å². The highest BCUT2D eigenvalue weighted by Gasteiger charge is 2.13. The molecule has 0 spiro atoms. The summed E-state index contributed by atoms with van der Waals surface area (Å²) in [5, 5.41) is 4.80. The largest absolute Gasteiger partial charge is 0.493 e. The summed E-state index contributed by atoms with van der Waals surface area (Å²) in [5.74, 6) is 1.43. The number of methoxy groups -OCH3 is 3. The summed E-state index contributed by atoms with van der Waals surface area (Å²) in [6, 6.07) is 15.6. The van der Waals surface area contributed by atoms with Crippen molar-refractivity contribution in [3.8, 4) is 22.8 Å². The standard InChI is InChI=1S/C20H20N2O4/c1-24-17-10-14-9-16(13-7-5-4-6-8-13)22-20(21-12-19(23)26-3)15(14)11-18(17)25-2/h4-11H,12H2,1-3H3,(H,21,22). The summed E-state index contributed by atoms with van der Waals surface area (Å²) in [5.41, 5.74) is 1.77. The zero-order chi connectivity index (χ0) is 18.5. The normalized spacial score (nSPS) is 10.4. The summed E-state index contributed by atoms with van der Waals surface area (Å²) in [6.45, 7) is 0.0190. The van der Waals surface area contributed by atoms with E-state index < -0.39 is 0 Å². The second kappa shape index (κ2) is 7.74. The number of aromatic nitrogens is 1. The number of esters is 1. The van der Waals surface area contributed by atoms with E-state index >= 15 is 0 Å². The average molecular weight is 352 g/mol. The quantitative estimate of drug-likeness (QED) is 0.685. The van der Waals surface area contributed by atoms with Crippen LogP contribution in [0.1, 0.15) is 0 Å². The molecule has 1 N–H and O–H groups in total. The molecule has 0 aliphatic carbocycles. The van der Waals surface area contributed by atoms with Crippen molar-refractivity contribution in [1.82, 2.24) is 4.98 Å². The smallest absolute Gasteiger partial charge is 0.325 e. The highest BCUT2D eigenvalue weighted by molar-refractivity contribution is 5.97. The van der Waals surface area contributed by atoms with E-state index in [-0.39, 0.29) is 12.5 Å². The van der Waals surface area contributed by atoms with Gasteiger partial charge in [-0.25, -0.2) is 4.98 Å². The van der Waals surface area contributed by atoms with Gasteiger partial charge in [0.2, 0.25) is 0 Å². The van der Waals surface area contributed by atoms with Gasteiger partial charge in [-0.3, -0.25) is 4.79 Å². The van der Waals surface area contributed by atoms with E-state index in [1.54, 1.807) is 14.2 Å². The van der Waals surface area contributed by atoms with Crippen molar-refractivity contribution in [1.29, 1.82) is 0 Å². The Kier molecular flexibility index (Phi) is 5.22. The molecule has 0 unspecified atom stereocenters. The molecular weight excluding hydrogens is 332 g/mol. The Hall–Kier alpha value is -3.28. The average Bonchev–Trinajstić information content (AvgIpc) is 2.70. The molecule has 2 aromatic carbocycles. The van der Waals surface area contributed by atoms with Crippen LogP contribution in [0.5, 0.6) is 11.5 Å². The summed E-state index contributed by atoms with van der Waals surface area (Å²) in [7, 11) is 4.53. The number of ether oxygens (including phenoxy) is 3. The molecule has 0 fully saturated rings. The summed E-state index contributed by atoms with van der Waals surface area (Å²) in [6.07, 6.45) is 0. The first-order valence-corrected chi connectivity index (χ1v) is 8.09. The van der Waals surface area contributed by atoms with Crippen molar-refractivity contribution in [3.05, 3.63) is 48.5 Å². The van der Waals surface area contributed by atoms with E-state index in [0.29, 0.717) is 17.3 Å². The number of anilines is 1. The highest BCUT2D eigenvalue weighted by atomic mass is 16.5. The van der Waals surface area contributed by atoms with Crippen LogP contribution in [0.2, 0.25) is 0 Å². The van der Waals surface area contributed by atoms with Crippen LogP contribution in [0, 0.1) is 0 Å². The van der Waals surface area contributed by atoms with Gasteiger partial charge in [-0.15, -0.1) is 0 Å². The first-order chi connectivity index (χ1) is 12.7. The molecule has 1 aromatic heterocycles. The van der Waals surface area contributed by atoms with Gasteiger partial charge in [0, 0.05) is 10.9 Å². The Morgan fingerprint density at radius 3 is 2.35 bits per heavy atom. The summed E-state index contributed by atoms with van der Waals surface area (Å²) in [4.78, 5) is 16.2. The fourth-order valence-corrected chi connectivity index (χ4v) is 2.70. The zero-order valence-electron chi connectivity index (χ0n) is 14.9. The second-order valence-electron chi connectivity index (χ2n) is 5.58. The van der Waals surface area contributed by atoms with Gasteiger partial charge in [-0.1, -0.05) is 30.3 Å². The molecular formula is C20H20N2O4. The second-order valence-corrected chi connectivity index (χ2v) is 5.58. The van der Waals surface area contributed by atoms with Gasteiger partial charge >= 0.3 is 5.97 Å². The number of nitrogens with zero attached hydrogens (tertiary/aromatic N) is 1. The third-order valence-electron chi connectivity index (χ3n) is 4.03. The number of carbonyl (C=O) groups excluding carboxylic acids is 1. The van der Waals surface area contributed by atoms with Gasteiger partial charge < -0.3 is 19.5 Å². The Balaban J connectivity index is 2.17. The van der Waals surface area contributed by atoms with Gasteiger partial charge in [0.05, 0.1) is 27.0 Å². The minimum Gasteiger partial charge on any atom is -0.493 e. The zero-order valence-corrected chi connectivity index (χ0v) is 14.9. The van der Waals surface area contributed by atoms with Gasteiger partial charge in [0.15, 0.2) is 11.5 Å². The Labute approximate surface area is 151 Å². The van der Waals surface area contributed by atoms with Crippen LogP contribution < -0.4 is 14.8 Å². The molecule has 26 heavy (non-hydrogen) atoms. The van der Waals surface area contributed by atoms with Crippen LogP contribution in [0.15, 0.2) is 48.5 Å². The number of benzene rings is 2. The molecule has 0 saturated heterocycles. The maximum absolute atomic E-state index is 11.5. The molecule has 0 aliphatic heterocycles. The van der Waals surface area contributed by atoms with E-state index in [2.05, 4.69) is 5.32 Å². The van der Waals surface area contributed by atoms with Crippen molar-refractivity contribution in [3.63, 3.8) is 0 Å². The third kappa shape index (κ3) is 3.54. The van der Waals surface area contributed by atoms with E-state index in [0.717, 1.165) is 22.0 Å². The molecule has 0 aliphatic rings. The van der Waals surface area contributed by atoms with Crippen molar-refractivity contribution < 1.29 is 19.0 Å². The van der Waals surface area contributed by atoms with E-state index in [4.69, 9.17) is 19.2 Å². The molecule has 6 heteroatoms. The number of rotatable bonds is 6. The Morgan fingerprint density at radius 1 is 1.00 bits per heavy atom. The monoisotopic (exact) mass is 352 g/mol. The number of pyridine rings is 1. The fraction of sp³-hybridized carbons (Fsp3) is 0.200. The Bertz CT molecular complexity index is 926. The third-order valence-corrected chi connectivity index (χ3v) is 4.03. The number of carbonyl (C=O) groups is 1. The van der Waals surface area contributed by atoms with Gasteiger partial charge in [0.25, 0.3) is 0 Å². The highest BCUT2D eigenvalue weighted by Crippen LogP contribution is 2.36. The van der Waals surface area contributed by atoms with Crippen molar-refractivity contribution in [2.45, 2.75) is 0 Å². The minimum absolute atomic E-state index is 0.0190. The predicted molar refractivity (Wildman–Crippen MR) is 101 cm³/mol. The lowest BCUT2D eigenvalue weighted by molar-refractivity contribution is -0.138. The number of hydrogen-bond acceptors (Lipinski definition) is 6. The van der Waals surface area contributed by atoms with Crippen LogP contribution in [-0.4, -0.2) is 38.8 Å². The van der Waals surface area contributed by atoms with Crippen LogP contribution >= 0.6 is 0 Å². The van der Waals surface area contributed by atoms with Crippen molar-refractivity contribution >= 4 is 22.6 Å². The lowest BCUT2D eigenvalue weighted by Gasteiger charge is -2.14. The molecule has 3 rings (SSSR count). The predicted octanol–water partition coefficient (Wildman–Crippen LogP) is 3.50. The van der Waals surface area contributed by atoms with E-state index in [1.165, 1.54) is 7.11 Å². The number of hydrogen-bond donors (Lipinski definition) is 1. The van der Waals surface area contributed by atoms with Gasteiger partial charge in [-0.05, 0) is 23.6 Å². The minimum atomic E-state index is -0.370. The lowest BCUT2D eigenvalue weighted by atomic mass is 10.1. The van der Waals surface area contributed by atoms with Gasteiger partial charge in [0.1, 0.15) is 12.4 Å². The SMILES string of the molecule is COC(=O)CNc1nc(-c2ccccc2)cc2cc(OC)c(OC)cc12.